The molecule has 2 amide bonds. The smallest absolute Gasteiger partial charge is 0.355 e. The van der Waals surface area contributed by atoms with Gasteiger partial charge in [-0.15, -0.1) is 0 Å². The molecule has 1 aliphatic heterocycles. The monoisotopic (exact) mass is 407 g/mol. The molecular formula is C21H33N3O5. The molecule has 1 fully saturated rings. The molecule has 2 rings (SSSR count). The number of carbonyl (C=O) groups is 3. The number of amides is 2. The number of aromatic amines is 1. The van der Waals surface area contributed by atoms with Gasteiger partial charge in [0, 0.05) is 38.9 Å². The van der Waals surface area contributed by atoms with Gasteiger partial charge in [0.05, 0.1) is 19.1 Å². The van der Waals surface area contributed by atoms with Crippen LogP contribution in [0, 0.1) is 19.8 Å². The fraction of sp³-hybridized carbons (Fsp3) is 0.667. The Labute approximate surface area is 172 Å². The molecule has 2 heterocycles. The molecule has 29 heavy (non-hydrogen) atoms. The topological polar surface area (TPSA) is 101 Å². The molecule has 8 heteroatoms. The van der Waals surface area contributed by atoms with Gasteiger partial charge in [-0.25, -0.2) is 4.79 Å². The Bertz CT molecular complexity index is 728. The van der Waals surface area contributed by atoms with Crippen LogP contribution in [-0.2, 0) is 25.5 Å². The zero-order valence-corrected chi connectivity index (χ0v) is 17.9. The van der Waals surface area contributed by atoms with Gasteiger partial charge in [-0.05, 0) is 51.2 Å². The zero-order valence-electron chi connectivity index (χ0n) is 17.9. The number of hydrogen-bond donors (Lipinski definition) is 2. The quantitative estimate of drug-likeness (QED) is 0.480. The number of rotatable bonds is 9. The molecule has 1 aromatic rings. The van der Waals surface area contributed by atoms with Crippen LogP contribution in [0.3, 0.4) is 0 Å². The van der Waals surface area contributed by atoms with Gasteiger partial charge in [-0.3, -0.25) is 9.59 Å². The van der Waals surface area contributed by atoms with Crippen LogP contribution >= 0.6 is 0 Å². The van der Waals surface area contributed by atoms with E-state index in [2.05, 4.69) is 10.3 Å². The van der Waals surface area contributed by atoms with Crippen LogP contribution < -0.4 is 5.32 Å². The molecule has 1 saturated heterocycles. The molecule has 1 unspecified atom stereocenters. The number of methoxy groups -OCH3 is 1. The van der Waals surface area contributed by atoms with Gasteiger partial charge in [0.1, 0.15) is 5.69 Å². The van der Waals surface area contributed by atoms with E-state index in [1.165, 1.54) is 0 Å². The molecule has 0 bridgehead atoms. The largest absolute Gasteiger partial charge is 0.461 e. The van der Waals surface area contributed by atoms with Gasteiger partial charge in [0.25, 0.3) is 0 Å². The summed E-state index contributed by atoms with van der Waals surface area (Å²) >= 11 is 0. The van der Waals surface area contributed by atoms with Gasteiger partial charge in [0.15, 0.2) is 0 Å². The number of aryl methyl sites for hydroxylation is 1. The van der Waals surface area contributed by atoms with Crippen molar-refractivity contribution in [1.29, 1.82) is 0 Å². The molecule has 0 radical (unpaired) electrons. The van der Waals surface area contributed by atoms with Crippen molar-refractivity contribution in [2.75, 3.05) is 40.0 Å². The standard InChI is InChI=1S/C21H33N3O5/c1-5-29-21(27)19-14(2)17(15(3)23-19)8-9-18(25)24-11-6-7-16(13-24)20(26)22-10-12-28-4/h16,23H,5-13H2,1-4H3,(H,22,26). The lowest BCUT2D eigenvalue weighted by Gasteiger charge is -2.32. The van der Waals surface area contributed by atoms with Gasteiger partial charge < -0.3 is 24.7 Å². The summed E-state index contributed by atoms with van der Waals surface area (Å²) in [5.74, 6) is -0.521. The number of nitrogens with zero attached hydrogens (tertiary/aromatic N) is 1. The first kappa shape index (κ1) is 22.9. The number of carbonyl (C=O) groups excluding carboxylic acids is 3. The van der Waals surface area contributed by atoms with Crippen LogP contribution in [0.2, 0.25) is 0 Å². The summed E-state index contributed by atoms with van der Waals surface area (Å²) in [6.45, 7) is 7.95. The summed E-state index contributed by atoms with van der Waals surface area (Å²) in [6.07, 6.45) is 2.51. The van der Waals surface area contributed by atoms with Crippen molar-refractivity contribution in [1.82, 2.24) is 15.2 Å². The molecule has 1 aliphatic rings. The van der Waals surface area contributed by atoms with E-state index in [0.717, 1.165) is 29.7 Å². The summed E-state index contributed by atoms with van der Waals surface area (Å²) in [7, 11) is 1.59. The average Bonchev–Trinajstić information content (AvgIpc) is 3.00. The molecular weight excluding hydrogens is 374 g/mol. The highest BCUT2D eigenvalue weighted by molar-refractivity contribution is 5.90. The predicted octanol–water partition coefficient (Wildman–Crippen LogP) is 1.74. The number of aromatic nitrogens is 1. The summed E-state index contributed by atoms with van der Waals surface area (Å²) in [6, 6.07) is 0. The molecule has 0 aromatic carbocycles. The number of nitrogens with one attached hydrogen (secondary N) is 2. The molecule has 1 atom stereocenters. The molecule has 2 N–H and O–H groups in total. The highest BCUT2D eigenvalue weighted by Crippen LogP contribution is 2.22. The predicted molar refractivity (Wildman–Crippen MR) is 109 cm³/mol. The number of H-pyrrole nitrogens is 1. The van der Waals surface area contributed by atoms with Crippen LogP contribution in [0.4, 0.5) is 0 Å². The Morgan fingerprint density at radius 3 is 2.72 bits per heavy atom. The van der Waals surface area contributed by atoms with E-state index in [4.69, 9.17) is 9.47 Å². The number of hydrogen-bond acceptors (Lipinski definition) is 5. The third-order valence-corrected chi connectivity index (χ3v) is 5.41. The van der Waals surface area contributed by atoms with Crippen molar-refractivity contribution >= 4 is 17.8 Å². The van der Waals surface area contributed by atoms with Gasteiger partial charge in [0.2, 0.25) is 11.8 Å². The number of likely N-dealkylation sites (tertiary alicyclic amines) is 1. The molecule has 0 aliphatic carbocycles. The Morgan fingerprint density at radius 1 is 1.28 bits per heavy atom. The second kappa shape index (κ2) is 11.0. The van der Waals surface area contributed by atoms with Crippen molar-refractivity contribution in [3.05, 3.63) is 22.5 Å². The van der Waals surface area contributed by atoms with Crippen molar-refractivity contribution < 1.29 is 23.9 Å². The maximum Gasteiger partial charge on any atom is 0.355 e. The van der Waals surface area contributed by atoms with E-state index in [-0.39, 0.29) is 23.7 Å². The summed E-state index contributed by atoms with van der Waals surface area (Å²) in [4.78, 5) is 41.9. The third kappa shape index (κ3) is 6.06. The lowest BCUT2D eigenvalue weighted by atomic mass is 9.96. The second-order valence-electron chi connectivity index (χ2n) is 7.41. The lowest BCUT2D eigenvalue weighted by molar-refractivity contribution is -0.135. The molecule has 1 aromatic heterocycles. The highest BCUT2D eigenvalue weighted by Gasteiger charge is 2.28. The molecule has 8 nitrogen and oxygen atoms in total. The van der Waals surface area contributed by atoms with Gasteiger partial charge in [-0.2, -0.15) is 0 Å². The van der Waals surface area contributed by atoms with E-state index in [1.807, 2.05) is 13.8 Å². The fourth-order valence-electron chi connectivity index (χ4n) is 3.80. The second-order valence-corrected chi connectivity index (χ2v) is 7.41. The molecule has 0 saturated carbocycles. The Kier molecular flexibility index (Phi) is 8.70. The van der Waals surface area contributed by atoms with E-state index in [9.17, 15) is 14.4 Å². The van der Waals surface area contributed by atoms with Crippen molar-refractivity contribution in [2.24, 2.45) is 5.92 Å². The fourth-order valence-corrected chi connectivity index (χ4v) is 3.80. The van der Waals surface area contributed by atoms with Crippen LogP contribution in [-0.4, -0.2) is 67.6 Å². The lowest BCUT2D eigenvalue weighted by Crippen LogP contribution is -2.46. The molecule has 0 spiro atoms. The number of esters is 1. The third-order valence-electron chi connectivity index (χ3n) is 5.41. The minimum atomic E-state index is -0.371. The summed E-state index contributed by atoms with van der Waals surface area (Å²) < 4.78 is 10.0. The van der Waals surface area contributed by atoms with E-state index >= 15 is 0 Å². The first-order chi connectivity index (χ1) is 13.9. The van der Waals surface area contributed by atoms with Crippen molar-refractivity contribution in [3.8, 4) is 0 Å². The van der Waals surface area contributed by atoms with Crippen molar-refractivity contribution in [3.63, 3.8) is 0 Å². The highest BCUT2D eigenvalue weighted by atomic mass is 16.5. The van der Waals surface area contributed by atoms with Crippen LogP contribution in [0.5, 0.6) is 0 Å². The van der Waals surface area contributed by atoms with Gasteiger partial charge in [-0.1, -0.05) is 0 Å². The maximum absolute atomic E-state index is 12.7. The normalized spacial score (nSPS) is 16.6. The number of piperidine rings is 1. The van der Waals surface area contributed by atoms with E-state index in [0.29, 0.717) is 51.4 Å². The zero-order chi connectivity index (χ0) is 21.4. The Balaban J connectivity index is 1.92. The van der Waals surface area contributed by atoms with E-state index < -0.39 is 0 Å². The number of ether oxygens (including phenoxy) is 2. The summed E-state index contributed by atoms with van der Waals surface area (Å²) in [5, 5.41) is 2.86. The average molecular weight is 408 g/mol. The maximum atomic E-state index is 12.7. The molecule has 162 valence electrons. The minimum Gasteiger partial charge on any atom is -0.461 e. The van der Waals surface area contributed by atoms with E-state index in [1.54, 1.807) is 18.9 Å². The van der Waals surface area contributed by atoms with Crippen molar-refractivity contribution in [2.45, 2.75) is 46.5 Å². The Hall–Kier alpha value is -2.35. The van der Waals surface area contributed by atoms with Gasteiger partial charge >= 0.3 is 5.97 Å². The summed E-state index contributed by atoms with van der Waals surface area (Å²) in [5.41, 5.74) is 3.15. The first-order valence-electron chi connectivity index (χ1n) is 10.3. The van der Waals surface area contributed by atoms with Crippen LogP contribution in [0.1, 0.15) is 53.5 Å². The van der Waals surface area contributed by atoms with Crippen LogP contribution in [0.25, 0.3) is 0 Å². The Morgan fingerprint density at radius 2 is 2.03 bits per heavy atom. The minimum absolute atomic E-state index is 0.0176. The first-order valence-corrected chi connectivity index (χ1v) is 10.3. The SMILES string of the molecule is CCOC(=O)c1[nH]c(C)c(CCC(=O)N2CCCC(C(=O)NCCOC)C2)c1C. The van der Waals surface area contributed by atoms with Crippen LogP contribution in [0.15, 0.2) is 0 Å².